The lowest BCUT2D eigenvalue weighted by Crippen LogP contribution is -1.98. The van der Waals surface area contributed by atoms with Gasteiger partial charge in [0.2, 0.25) is 0 Å². The molecule has 5 heteroatoms. The Labute approximate surface area is 85.9 Å². The number of hydrogen-bond donors (Lipinski definition) is 0. The van der Waals surface area contributed by atoms with Crippen LogP contribution in [0.25, 0.3) is 0 Å². The van der Waals surface area contributed by atoms with Crippen molar-refractivity contribution in [2.45, 2.75) is 23.8 Å². The molecule has 1 aromatic rings. The van der Waals surface area contributed by atoms with E-state index in [4.69, 9.17) is 11.6 Å². The fourth-order valence-corrected chi connectivity index (χ4v) is 2.03. The van der Waals surface area contributed by atoms with Crippen molar-refractivity contribution in [1.29, 1.82) is 0 Å². The van der Waals surface area contributed by atoms with Gasteiger partial charge in [-0.2, -0.15) is 0 Å². The van der Waals surface area contributed by atoms with Crippen molar-refractivity contribution in [3.05, 3.63) is 18.2 Å². The number of hydrogen-bond acceptors (Lipinski definition) is 3. The third-order valence-electron chi connectivity index (χ3n) is 1.42. The van der Waals surface area contributed by atoms with Crippen molar-refractivity contribution in [2.24, 2.45) is 0 Å². The van der Waals surface area contributed by atoms with E-state index in [1.807, 2.05) is 6.92 Å². The SMILES string of the molecule is CC(CCCl)Sc1ncc(F)cn1. The highest BCUT2D eigenvalue weighted by atomic mass is 35.5. The van der Waals surface area contributed by atoms with Crippen molar-refractivity contribution >= 4 is 23.4 Å². The monoisotopic (exact) mass is 220 g/mol. The largest absolute Gasteiger partial charge is 0.228 e. The highest BCUT2D eigenvalue weighted by molar-refractivity contribution is 7.99. The summed E-state index contributed by atoms with van der Waals surface area (Å²) in [6, 6.07) is 0. The molecule has 0 aliphatic carbocycles. The number of nitrogens with zero attached hydrogens (tertiary/aromatic N) is 2. The van der Waals surface area contributed by atoms with E-state index < -0.39 is 5.82 Å². The van der Waals surface area contributed by atoms with Gasteiger partial charge in [-0.15, -0.1) is 11.6 Å². The summed E-state index contributed by atoms with van der Waals surface area (Å²) in [4.78, 5) is 7.67. The molecular formula is C8H10ClFN2S. The minimum Gasteiger partial charge on any atom is -0.228 e. The van der Waals surface area contributed by atoms with Crippen LogP contribution in [0.3, 0.4) is 0 Å². The molecule has 0 aliphatic heterocycles. The molecule has 72 valence electrons. The van der Waals surface area contributed by atoms with E-state index in [0.29, 0.717) is 16.3 Å². The third-order valence-corrected chi connectivity index (χ3v) is 2.70. The van der Waals surface area contributed by atoms with E-state index in [2.05, 4.69) is 9.97 Å². The zero-order chi connectivity index (χ0) is 9.68. The minimum atomic E-state index is -0.408. The van der Waals surface area contributed by atoms with Gasteiger partial charge in [-0.3, -0.25) is 0 Å². The summed E-state index contributed by atoms with van der Waals surface area (Å²) in [5, 5.41) is 0.960. The lowest BCUT2D eigenvalue weighted by Gasteiger charge is -2.06. The Morgan fingerprint density at radius 3 is 2.69 bits per heavy atom. The van der Waals surface area contributed by atoms with Crippen LogP contribution in [0.5, 0.6) is 0 Å². The van der Waals surface area contributed by atoms with Crippen molar-refractivity contribution < 1.29 is 4.39 Å². The van der Waals surface area contributed by atoms with Crippen molar-refractivity contribution in [3.63, 3.8) is 0 Å². The van der Waals surface area contributed by atoms with Crippen LogP contribution in [0.4, 0.5) is 4.39 Å². The summed E-state index contributed by atoms with van der Waals surface area (Å²) >= 11 is 7.08. The lowest BCUT2D eigenvalue weighted by molar-refractivity contribution is 0.605. The summed E-state index contributed by atoms with van der Waals surface area (Å²) in [6.07, 6.45) is 3.23. The third kappa shape index (κ3) is 3.91. The second-order valence-corrected chi connectivity index (χ2v) is 4.37. The maximum atomic E-state index is 12.4. The quantitative estimate of drug-likeness (QED) is 0.443. The Bertz CT molecular complexity index is 255. The highest BCUT2D eigenvalue weighted by Crippen LogP contribution is 2.21. The molecule has 2 nitrogen and oxygen atoms in total. The lowest BCUT2D eigenvalue weighted by atomic mass is 10.4. The van der Waals surface area contributed by atoms with Gasteiger partial charge in [0.15, 0.2) is 11.0 Å². The van der Waals surface area contributed by atoms with Crippen LogP contribution < -0.4 is 0 Å². The summed E-state index contributed by atoms with van der Waals surface area (Å²) in [5.41, 5.74) is 0. The Morgan fingerprint density at radius 2 is 2.15 bits per heavy atom. The average molecular weight is 221 g/mol. The van der Waals surface area contributed by atoms with Gasteiger partial charge >= 0.3 is 0 Å². The van der Waals surface area contributed by atoms with Gasteiger partial charge in [0, 0.05) is 11.1 Å². The number of thioether (sulfide) groups is 1. The van der Waals surface area contributed by atoms with Crippen LogP contribution in [0.2, 0.25) is 0 Å². The molecule has 1 rings (SSSR count). The Balaban J connectivity index is 2.49. The molecule has 0 N–H and O–H groups in total. The molecule has 0 radical (unpaired) electrons. The van der Waals surface area contributed by atoms with Gasteiger partial charge in [0.1, 0.15) is 0 Å². The molecular weight excluding hydrogens is 211 g/mol. The summed E-state index contributed by atoms with van der Waals surface area (Å²) in [7, 11) is 0. The van der Waals surface area contributed by atoms with Gasteiger partial charge in [-0.1, -0.05) is 18.7 Å². The molecule has 1 unspecified atom stereocenters. The predicted octanol–water partition coefficient (Wildman–Crippen LogP) is 2.73. The molecule has 0 bridgehead atoms. The molecule has 1 heterocycles. The molecule has 1 atom stereocenters. The van der Waals surface area contributed by atoms with E-state index in [9.17, 15) is 4.39 Å². The second-order valence-electron chi connectivity index (χ2n) is 2.59. The molecule has 13 heavy (non-hydrogen) atoms. The van der Waals surface area contributed by atoms with Gasteiger partial charge in [-0.05, 0) is 6.42 Å². The van der Waals surface area contributed by atoms with E-state index in [1.54, 1.807) is 0 Å². The molecule has 0 spiro atoms. The first-order valence-corrected chi connectivity index (χ1v) is 5.34. The van der Waals surface area contributed by atoms with E-state index in [0.717, 1.165) is 6.42 Å². The second kappa shape index (κ2) is 5.40. The number of alkyl halides is 1. The first-order valence-electron chi connectivity index (χ1n) is 3.92. The number of halogens is 2. The number of aromatic nitrogens is 2. The fraction of sp³-hybridized carbons (Fsp3) is 0.500. The molecule has 1 aromatic heterocycles. The topological polar surface area (TPSA) is 25.8 Å². The van der Waals surface area contributed by atoms with E-state index in [1.165, 1.54) is 24.2 Å². The van der Waals surface area contributed by atoms with Crippen molar-refractivity contribution in [3.8, 4) is 0 Å². The molecule has 0 saturated carbocycles. The normalized spacial score (nSPS) is 12.8. The minimum absolute atomic E-state index is 0.364. The Kier molecular flexibility index (Phi) is 4.45. The molecule has 0 amide bonds. The first-order chi connectivity index (χ1) is 6.22. The predicted molar refractivity (Wildman–Crippen MR) is 52.6 cm³/mol. The average Bonchev–Trinajstić information content (AvgIpc) is 2.09. The Morgan fingerprint density at radius 1 is 1.54 bits per heavy atom. The van der Waals surface area contributed by atoms with Crippen molar-refractivity contribution in [1.82, 2.24) is 9.97 Å². The van der Waals surface area contributed by atoms with Crippen LogP contribution in [-0.2, 0) is 0 Å². The molecule has 0 aliphatic rings. The summed E-state index contributed by atoms with van der Waals surface area (Å²) in [6.45, 7) is 2.04. The maximum Gasteiger partial charge on any atom is 0.187 e. The zero-order valence-electron chi connectivity index (χ0n) is 7.20. The van der Waals surface area contributed by atoms with Crippen molar-refractivity contribution in [2.75, 3.05) is 5.88 Å². The highest BCUT2D eigenvalue weighted by Gasteiger charge is 2.05. The van der Waals surface area contributed by atoms with Crippen LogP contribution in [0, 0.1) is 5.82 Å². The first kappa shape index (κ1) is 10.7. The van der Waals surface area contributed by atoms with Gasteiger partial charge in [0.25, 0.3) is 0 Å². The summed E-state index contributed by atoms with van der Waals surface area (Å²) in [5.74, 6) is 0.212. The standard InChI is InChI=1S/C8H10ClFN2S/c1-6(2-3-9)13-8-11-4-7(10)5-12-8/h4-6H,2-3H2,1H3. The van der Waals surface area contributed by atoms with Crippen LogP contribution in [0.1, 0.15) is 13.3 Å². The zero-order valence-corrected chi connectivity index (χ0v) is 8.78. The van der Waals surface area contributed by atoms with Crippen LogP contribution in [-0.4, -0.2) is 21.1 Å². The van der Waals surface area contributed by atoms with Gasteiger partial charge < -0.3 is 0 Å². The maximum absolute atomic E-state index is 12.4. The van der Waals surface area contributed by atoms with Crippen LogP contribution >= 0.6 is 23.4 Å². The fourth-order valence-electron chi connectivity index (χ4n) is 0.754. The van der Waals surface area contributed by atoms with Gasteiger partial charge in [0.05, 0.1) is 12.4 Å². The molecule has 0 saturated heterocycles. The van der Waals surface area contributed by atoms with Gasteiger partial charge in [-0.25, -0.2) is 14.4 Å². The van der Waals surface area contributed by atoms with E-state index in [-0.39, 0.29) is 0 Å². The summed E-state index contributed by atoms with van der Waals surface area (Å²) < 4.78 is 12.4. The Hall–Kier alpha value is -0.350. The van der Waals surface area contributed by atoms with Crippen LogP contribution in [0.15, 0.2) is 17.6 Å². The smallest absolute Gasteiger partial charge is 0.187 e. The molecule has 0 fully saturated rings. The molecule has 0 aromatic carbocycles. The van der Waals surface area contributed by atoms with E-state index >= 15 is 0 Å². The number of rotatable bonds is 4.